The average molecular weight is 482 g/mol. The zero-order valence-electron chi connectivity index (χ0n) is 21.7. The summed E-state index contributed by atoms with van der Waals surface area (Å²) >= 11 is 0. The molecule has 186 valence electrons. The van der Waals surface area contributed by atoms with E-state index in [4.69, 9.17) is 9.72 Å². The van der Waals surface area contributed by atoms with Gasteiger partial charge in [0.1, 0.15) is 11.6 Å². The first-order chi connectivity index (χ1) is 17.4. The van der Waals surface area contributed by atoms with Gasteiger partial charge in [0.25, 0.3) is 0 Å². The Morgan fingerprint density at radius 1 is 1.03 bits per heavy atom. The molecule has 1 aromatic heterocycles. The number of para-hydroxylation sites is 3. The minimum atomic E-state index is 0.0646. The van der Waals surface area contributed by atoms with E-state index in [9.17, 15) is 4.79 Å². The van der Waals surface area contributed by atoms with Gasteiger partial charge in [-0.3, -0.25) is 4.79 Å². The monoisotopic (exact) mass is 481 g/mol. The maximum atomic E-state index is 13.0. The van der Waals surface area contributed by atoms with Gasteiger partial charge in [-0.25, -0.2) is 4.98 Å². The van der Waals surface area contributed by atoms with Crippen LogP contribution in [0.3, 0.4) is 0 Å². The summed E-state index contributed by atoms with van der Waals surface area (Å²) in [5.41, 5.74) is 6.68. The lowest BCUT2D eigenvalue weighted by molar-refractivity contribution is -0.117. The SMILES string of the molecule is Cc1ccc(C(C)C)c(OCCCn2c(C3CC(=O)N(c4ccccc4C)C3)nc3ccccc32)c1. The molecule has 1 atom stereocenters. The standard InChI is InChI=1S/C31H35N3O2/c1-21(2)25-15-14-22(3)18-29(25)36-17-9-16-33-28-13-8-6-11-26(28)32-31(33)24-19-30(35)34(20-24)27-12-7-5-10-23(27)4/h5-8,10-15,18,21,24H,9,16-17,19-20H2,1-4H3. The molecule has 0 saturated carbocycles. The van der Waals surface area contributed by atoms with Crippen LogP contribution in [0.4, 0.5) is 5.69 Å². The van der Waals surface area contributed by atoms with Crippen LogP contribution in [0.25, 0.3) is 11.0 Å². The number of ether oxygens (including phenoxy) is 1. The van der Waals surface area contributed by atoms with E-state index in [1.54, 1.807) is 0 Å². The number of carbonyl (C=O) groups excluding carboxylic acids is 1. The number of carbonyl (C=O) groups is 1. The summed E-state index contributed by atoms with van der Waals surface area (Å²) < 4.78 is 8.57. The van der Waals surface area contributed by atoms with Crippen molar-refractivity contribution in [2.45, 2.75) is 58.9 Å². The van der Waals surface area contributed by atoms with Crippen LogP contribution in [0.15, 0.2) is 66.7 Å². The van der Waals surface area contributed by atoms with E-state index in [1.165, 1.54) is 11.1 Å². The molecule has 0 radical (unpaired) electrons. The molecule has 5 heteroatoms. The van der Waals surface area contributed by atoms with Gasteiger partial charge in [-0.05, 0) is 67.1 Å². The number of aryl methyl sites for hydroxylation is 3. The molecule has 1 unspecified atom stereocenters. The summed E-state index contributed by atoms with van der Waals surface area (Å²) in [5, 5.41) is 0. The summed E-state index contributed by atoms with van der Waals surface area (Å²) in [7, 11) is 0. The molecule has 0 N–H and O–H groups in total. The average Bonchev–Trinajstić information content (AvgIpc) is 3.42. The number of aromatic nitrogens is 2. The molecule has 4 aromatic rings. The van der Waals surface area contributed by atoms with Gasteiger partial charge in [-0.2, -0.15) is 0 Å². The maximum Gasteiger partial charge on any atom is 0.227 e. The number of hydrogen-bond acceptors (Lipinski definition) is 3. The number of anilines is 1. The Morgan fingerprint density at radius 3 is 2.61 bits per heavy atom. The highest BCUT2D eigenvalue weighted by Crippen LogP contribution is 2.34. The van der Waals surface area contributed by atoms with Crippen LogP contribution in [0.2, 0.25) is 0 Å². The normalized spacial score (nSPS) is 15.9. The van der Waals surface area contributed by atoms with Crippen molar-refractivity contribution < 1.29 is 9.53 Å². The van der Waals surface area contributed by atoms with Gasteiger partial charge in [-0.15, -0.1) is 0 Å². The first-order valence-electron chi connectivity index (χ1n) is 13.0. The molecule has 5 rings (SSSR count). The predicted octanol–water partition coefficient (Wildman–Crippen LogP) is 6.77. The summed E-state index contributed by atoms with van der Waals surface area (Å²) in [5.74, 6) is 2.63. The molecular formula is C31H35N3O2. The Labute approximate surface area is 213 Å². The van der Waals surface area contributed by atoms with Crippen molar-refractivity contribution in [1.29, 1.82) is 0 Å². The van der Waals surface area contributed by atoms with E-state index < -0.39 is 0 Å². The zero-order valence-corrected chi connectivity index (χ0v) is 21.7. The lowest BCUT2D eigenvalue weighted by Gasteiger charge is -2.19. The zero-order chi connectivity index (χ0) is 25.2. The summed E-state index contributed by atoms with van der Waals surface area (Å²) in [6.07, 6.45) is 1.34. The molecular weight excluding hydrogens is 446 g/mol. The summed E-state index contributed by atoms with van der Waals surface area (Å²) in [6, 6.07) is 22.8. The van der Waals surface area contributed by atoms with E-state index >= 15 is 0 Å². The minimum absolute atomic E-state index is 0.0646. The lowest BCUT2D eigenvalue weighted by Crippen LogP contribution is -2.25. The fourth-order valence-electron chi connectivity index (χ4n) is 5.27. The van der Waals surface area contributed by atoms with Crippen molar-refractivity contribution in [2.75, 3.05) is 18.1 Å². The van der Waals surface area contributed by atoms with Gasteiger partial charge in [-0.1, -0.05) is 56.3 Å². The topological polar surface area (TPSA) is 47.4 Å². The highest BCUT2D eigenvalue weighted by molar-refractivity contribution is 5.97. The molecule has 1 fully saturated rings. The summed E-state index contributed by atoms with van der Waals surface area (Å²) in [6.45, 7) is 10.6. The van der Waals surface area contributed by atoms with Gasteiger partial charge >= 0.3 is 0 Å². The van der Waals surface area contributed by atoms with E-state index in [-0.39, 0.29) is 11.8 Å². The second kappa shape index (κ2) is 10.2. The predicted molar refractivity (Wildman–Crippen MR) is 146 cm³/mol. The number of amides is 1. The third-order valence-corrected chi connectivity index (χ3v) is 7.16. The molecule has 5 nitrogen and oxygen atoms in total. The van der Waals surface area contributed by atoms with Crippen LogP contribution >= 0.6 is 0 Å². The Bertz CT molecular complexity index is 1390. The van der Waals surface area contributed by atoms with Gasteiger partial charge in [0, 0.05) is 31.1 Å². The van der Waals surface area contributed by atoms with Crippen LogP contribution < -0.4 is 9.64 Å². The fraction of sp³-hybridized carbons (Fsp3) is 0.355. The van der Waals surface area contributed by atoms with Crippen LogP contribution in [-0.4, -0.2) is 28.6 Å². The number of benzene rings is 3. The third kappa shape index (κ3) is 4.75. The maximum absolute atomic E-state index is 13.0. The number of nitrogens with zero attached hydrogens (tertiary/aromatic N) is 3. The Hall–Kier alpha value is -3.60. The number of hydrogen-bond donors (Lipinski definition) is 0. The molecule has 3 aromatic carbocycles. The van der Waals surface area contributed by atoms with Gasteiger partial charge in [0.2, 0.25) is 5.91 Å². The number of imidazole rings is 1. The van der Waals surface area contributed by atoms with Crippen molar-refractivity contribution in [3.63, 3.8) is 0 Å². The quantitative estimate of drug-likeness (QED) is 0.261. The molecule has 1 amide bonds. The third-order valence-electron chi connectivity index (χ3n) is 7.16. The number of rotatable bonds is 8. The van der Waals surface area contributed by atoms with Crippen LogP contribution in [0.5, 0.6) is 5.75 Å². The molecule has 0 bridgehead atoms. The first kappa shape index (κ1) is 24.1. The molecule has 0 aliphatic carbocycles. The van der Waals surface area contributed by atoms with Crippen LogP contribution in [0, 0.1) is 13.8 Å². The smallest absolute Gasteiger partial charge is 0.227 e. The van der Waals surface area contributed by atoms with E-state index in [0.29, 0.717) is 25.5 Å². The summed E-state index contributed by atoms with van der Waals surface area (Å²) in [4.78, 5) is 20.0. The van der Waals surface area contributed by atoms with Crippen molar-refractivity contribution >= 4 is 22.6 Å². The second-order valence-electron chi connectivity index (χ2n) is 10.2. The molecule has 1 aliphatic heterocycles. The van der Waals surface area contributed by atoms with E-state index in [1.807, 2.05) is 29.2 Å². The molecule has 1 aliphatic rings. The highest BCUT2D eigenvalue weighted by Gasteiger charge is 2.35. The molecule has 2 heterocycles. The largest absolute Gasteiger partial charge is 0.493 e. The first-order valence-corrected chi connectivity index (χ1v) is 13.0. The van der Waals surface area contributed by atoms with E-state index in [0.717, 1.165) is 46.8 Å². The van der Waals surface area contributed by atoms with Gasteiger partial charge in [0.05, 0.1) is 17.6 Å². The van der Waals surface area contributed by atoms with Gasteiger partial charge < -0.3 is 14.2 Å². The molecule has 36 heavy (non-hydrogen) atoms. The molecule has 0 spiro atoms. The minimum Gasteiger partial charge on any atom is -0.493 e. The fourth-order valence-corrected chi connectivity index (χ4v) is 5.27. The van der Waals surface area contributed by atoms with Gasteiger partial charge in [0.15, 0.2) is 0 Å². The Morgan fingerprint density at radius 2 is 1.81 bits per heavy atom. The van der Waals surface area contributed by atoms with Crippen molar-refractivity contribution in [2.24, 2.45) is 0 Å². The highest BCUT2D eigenvalue weighted by atomic mass is 16.5. The lowest BCUT2D eigenvalue weighted by atomic mass is 10.0. The second-order valence-corrected chi connectivity index (χ2v) is 10.2. The van der Waals surface area contributed by atoms with Crippen LogP contribution in [-0.2, 0) is 11.3 Å². The molecule has 1 saturated heterocycles. The number of fused-ring (bicyclic) bond motifs is 1. The van der Waals surface area contributed by atoms with Crippen molar-refractivity contribution in [1.82, 2.24) is 9.55 Å². The van der Waals surface area contributed by atoms with E-state index in [2.05, 4.69) is 74.7 Å². The Kier molecular flexibility index (Phi) is 6.82. The van der Waals surface area contributed by atoms with Crippen molar-refractivity contribution in [3.8, 4) is 5.75 Å². The Balaban J connectivity index is 1.35. The van der Waals surface area contributed by atoms with Crippen LogP contribution in [0.1, 0.15) is 61.0 Å². The van der Waals surface area contributed by atoms with Crippen molar-refractivity contribution in [3.05, 3.63) is 89.2 Å².